The van der Waals surface area contributed by atoms with Crippen LogP contribution in [0.1, 0.15) is 10.4 Å². The number of aromatic nitrogens is 3. The normalized spacial score (nSPS) is 10.8. The van der Waals surface area contributed by atoms with E-state index in [2.05, 4.69) is 10.2 Å². The highest BCUT2D eigenvalue weighted by Crippen LogP contribution is 2.25. The van der Waals surface area contributed by atoms with Crippen molar-refractivity contribution in [1.29, 1.82) is 0 Å². The second-order valence-corrected chi connectivity index (χ2v) is 7.31. The standard InChI is InChI=1S/C20H20ClN3O3S/c1-26-12-11-24-18(15-7-9-17(21)10-8-15)22-23-20(24)28-14-13-27-19(25)16-5-3-2-4-6-16/h2-10H,11-14H2,1H3. The second kappa shape index (κ2) is 10.3. The average molecular weight is 418 g/mol. The Morgan fingerprint density at radius 3 is 2.54 bits per heavy atom. The molecule has 8 heteroatoms. The van der Waals surface area contributed by atoms with E-state index in [1.807, 2.05) is 47.0 Å². The molecule has 28 heavy (non-hydrogen) atoms. The molecule has 146 valence electrons. The second-order valence-electron chi connectivity index (χ2n) is 5.81. The Bertz CT molecular complexity index is 901. The number of hydrogen-bond donors (Lipinski definition) is 0. The molecular formula is C20H20ClN3O3S. The van der Waals surface area contributed by atoms with Crippen LogP contribution in [0, 0.1) is 0 Å². The Labute approximate surface area is 172 Å². The monoisotopic (exact) mass is 417 g/mol. The number of carbonyl (C=O) groups excluding carboxylic acids is 1. The van der Waals surface area contributed by atoms with E-state index in [0.717, 1.165) is 16.5 Å². The van der Waals surface area contributed by atoms with Crippen LogP contribution in [-0.2, 0) is 16.0 Å². The van der Waals surface area contributed by atoms with Crippen LogP contribution in [0.4, 0.5) is 0 Å². The van der Waals surface area contributed by atoms with Crippen molar-refractivity contribution in [3.63, 3.8) is 0 Å². The van der Waals surface area contributed by atoms with Gasteiger partial charge in [0.25, 0.3) is 0 Å². The van der Waals surface area contributed by atoms with E-state index in [1.54, 1.807) is 19.2 Å². The van der Waals surface area contributed by atoms with Crippen LogP contribution in [0.5, 0.6) is 0 Å². The van der Waals surface area contributed by atoms with Crippen LogP contribution in [0.25, 0.3) is 11.4 Å². The fraction of sp³-hybridized carbons (Fsp3) is 0.250. The van der Waals surface area contributed by atoms with Crippen molar-refractivity contribution < 1.29 is 14.3 Å². The summed E-state index contributed by atoms with van der Waals surface area (Å²) in [5.74, 6) is 0.992. The fourth-order valence-electron chi connectivity index (χ4n) is 2.52. The molecule has 1 heterocycles. The Kier molecular flexibility index (Phi) is 7.47. The van der Waals surface area contributed by atoms with Crippen LogP contribution in [0.2, 0.25) is 5.02 Å². The van der Waals surface area contributed by atoms with Crippen LogP contribution in [0.3, 0.4) is 0 Å². The number of hydrogen-bond acceptors (Lipinski definition) is 6. The number of rotatable bonds is 9. The third-order valence-corrected chi connectivity index (χ3v) is 5.08. The number of thioether (sulfide) groups is 1. The first-order valence-electron chi connectivity index (χ1n) is 8.72. The Balaban J connectivity index is 1.63. The minimum Gasteiger partial charge on any atom is -0.461 e. The zero-order chi connectivity index (χ0) is 19.8. The maximum absolute atomic E-state index is 12.0. The number of benzene rings is 2. The highest BCUT2D eigenvalue weighted by Gasteiger charge is 2.15. The lowest BCUT2D eigenvalue weighted by Crippen LogP contribution is -2.10. The summed E-state index contributed by atoms with van der Waals surface area (Å²) in [6, 6.07) is 16.4. The highest BCUT2D eigenvalue weighted by atomic mass is 35.5. The third-order valence-electron chi connectivity index (χ3n) is 3.90. The van der Waals surface area contributed by atoms with Crippen LogP contribution in [-0.4, -0.2) is 46.8 Å². The summed E-state index contributed by atoms with van der Waals surface area (Å²) in [5.41, 5.74) is 1.47. The lowest BCUT2D eigenvalue weighted by atomic mass is 10.2. The maximum Gasteiger partial charge on any atom is 0.338 e. The predicted octanol–water partition coefficient (Wildman–Crippen LogP) is 4.19. The molecule has 0 aliphatic heterocycles. The van der Waals surface area contributed by atoms with Crippen molar-refractivity contribution in [3.05, 3.63) is 65.2 Å². The molecule has 0 unspecified atom stereocenters. The quantitative estimate of drug-likeness (QED) is 0.295. The number of nitrogens with zero attached hydrogens (tertiary/aromatic N) is 3. The smallest absolute Gasteiger partial charge is 0.338 e. The topological polar surface area (TPSA) is 66.2 Å². The SMILES string of the molecule is COCCn1c(SCCOC(=O)c2ccccc2)nnc1-c1ccc(Cl)cc1. The van der Waals surface area contributed by atoms with Gasteiger partial charge >= 0.3 is 5.97 Å². The predicted molar refractivity (Wildman–Crippen MR) is 110 cm³/mol. The Morgan fingerprint density at radius 2 is 1.82 bits per heavy atom. The van der Waals surface area contributed by atoms with Gasteiger partial charge in [0, 0.05) is 23.4 Å². The van der Waals surface area contributed by atoms with Gasteiger partial charge in [0.1, 0.15) is 6.61 Å². The van der Waals surface area contributed by atoms with E-state index < -0.39 is 0 Å². The molecule has 3 rings (SSSR count). The van der Waals surface area contributed by atoms with Gasteiger partial charge in [-0.2, -0.15) is 0 Å². The summed E-state index contributed by atoms with van der Waals surface area (Å²) >= 11 is 7.46. The molecule has 0 fully saturated rings. The summed E-state index contributed by atoms with van der Waals surface area (Å²) in [7, 11) is 1.65. The van der Waals surface area contributed by atoms with E-state index in [1.165, 1.54) is 11.8 Å². The van der Waals surface area contributed by atoms with Crippen molar-refractivity contribution >= 4 is 29.3 Å². The van der Waals surface area contributed by atoms with Gasteiger partial charge in [-0.25, -0.2) is 4.79 Å². The van der Waals surface area contributed by atoms with E-state index in [-0.39, 0.29) is 12.6 Å². The highest BCUT2D eigenvalue weighted by molar-refractivity contribution is 7.99. The molecule has 0 amide bonds. The van der Waals surface area contributed by atoms with Gasteiger partial charge in [-0.3, -0.25) is 4.57 Å². The van der Waals surface area contributed by atoms with Crippen LogP contribution >= 0.6 is 23.4 Å². The summed E-state index contributed by atoms with van der Waals surface area (Å²) in [6.07, 6.45) is 0. The van der Waals surface area contributed by atoms with Crippen molar-refractivity contribution in [2.75, 3.05) is 26.1 Å². The van der Waals surface area contributed by atoms with Crippen molar-refractivity contribution in [2.45, 2.75) is 11.7 Å². The van der Waals surface area contributed by atoms with E-state index in [9.17, 15) is 4.79 Å². The minimum absolute atomic E-state index is 0.284. The molecule has 3 aromatic rings. The number of methoxy groups -OCH3 is 1. The summed E-state index contributed by atoms with van der Waals surface area (Å²) in [5, 5.41) is 10.0. The summed E-state index contributed by atoms with van der Waals surface area (Å²) in [6.45, 7) is 1.44. The minimum atomic E-state index is -0.330. The first kappa shape index (κ1) is 20.4. The van der Waals surface area contributed by atoms with Crippen LogP contribution < -0.4 is 0 Å². The fourth-order valence-corrected chi connectivity index (χ4v) is 3.42. The molecule has 2 aromatic carbocycles. The first-order chi connectivity index (χ1) is 13.7. The molecular weight excluding hydrogens is 398 g/mol. The van der Waals surface area contributed by atoms with E-state index in [0.29, 0.717) is 29.5 Å². The van der Waals surface area contributed by atoms with Gasteiger partial charge in [-0.1, -0.05) is 41.6 Å². The Morgan fingerprint density at radius 1 is 1.07 bits per heavy atom. The van der Waals surface area contributed by atoms with Crippen LogP contribution in [0.15, 0.2) is 59.8 Å². The molecule has 0 atom stereocenters. The van der Waals surface area contributed by atoms with Gasteiger partial charge < -0.3 is 9.47 Å². The first-order valence-corrected chi connectivity index (χ1v) is 10.1. The number of esters is 1. The molecule has 6 nitrogen and oxygen atoms in total. The number of ether oxygens (including phenoxy) is 2. The molecule has 0 aliphatic rings. The molecule has 0 N–H and O–H groups in total. The van der Waals surface area contributed by atoms with Gasteiger partial charge in [0.2, 0.25) is 0 Å². The van der Waals surface area contributed by atoms with Gasteiger partial charge in [0.05, 0.1) is 18.7 Å². The maximum atomic E-state index is 12.0. The van der Waals surface area contributed by atoms with Crippen molar-refractivity contribution in [1.82, 2.24) is 14.8 Å². The lowest BCUT2D eigenvalue weighted by Gasteiger charge is -2.10. The Hall–Kier alpha value is -2.35. The van der Waals surface area contributed by atoms with E-state index in [4.69, 9.17) is 21.1 Å². The summed E-state index contributed by atoms with van der Waals surface area (Å²) in [4.78, 5) is 12.0. The number of halogens is 1. The molecule has 0 saturated heterocycles. The lowest BCUT2D eigenvalue weighted by molar-refractivity contribution is 0.0530. The molecule has 0 saturated carbocycles. The average Bonchev–Trinajstić information content (AvgIpc) is 3.13. The molecule has 1 aromatic heterocycles. The summed E-state index contributed by atoms with van der Waals surface area (Å²) < 4.78 is 12.5. The van der Waals surface area contributed by atoms with E-state index >= 15 is 0 Å². The van der Waals surface area contributed by atoms with Crippen molar-refractivity contribution in [2.24, 2.45) is 0 Å². The van der Waals surface area contributed by atoms with Crippen molar-refractivity contribution in [3.8, 4) is 11.4 Å². The zero-order valence-corrected chi connectivity index (χ0v) is 16.9. The molecule has 0 spiro atoms. The van der Waals surface area contributed by atoms with Gasteiger partial charge in [0.15, 0.2) is 11.0 Å². The zero-order valence-electron chi connectivity index (χ0n) is 15.4. The number of carbonyl (C=O) groups is 1. The van der Waals surface area contributed by atoms with Gasteiger partial charge in [-0.15, -0.1) is 10.2 Å². The molecule has 0 aliphatic carbocycles. The third kappa shape index (κ3) is 5.34. The van der Waals surface area contributed by atoms with Gasteiger partial charge in [-0.05, 0) is 36.4 Å². The molecule has 0 bridgehead atoms. The largest absolute Gasteiger partial charge is 0.461 e. The molecule has 0 radical (unpaired) electrons.